The molecule has 0 spiro atoms. The largest absolute Gasteiger partial charge is 0.308 e. The van der Waals surface area contributed by atoms with E-state index in [9.17, 15) is 0 Å². The first-order chi connectivity index (χ1) is 8.15. The van der Waals surface area contributed by atoms with Crippen molar-refractivity contribution >= 4 is 11.8 Å². The summed E-state index contributed by atoms with van der Waals surface area (Å²) in [6, 6.07) is 0.457. The number of hydrogen-bond donors (Lipinski definition) is 1. The molecule has 1 saturated carbocycles. The Morgan fingerprint density at radius 3 is 2.76 bits per heavy atom. The van der Waals surface area contributed by atoms with Gasteiger partial charge in [0.1, 0.15) is 0 Å². The average molecular weight is 255 g/mol. The lowest BCUT2D eigenvalue weighted by Gasteiger charge is -2.40. The first-order valence-electron chi connectivity index (χ1n) is 6.19. The minimum atomic E-state index is 0.377. The van der Waals surface area contributed by atoms with E-state index in [1.165, 1.54) is 19.3 Å². The number of tetrazole rings is 1. The zero-order chi connectivity index (χ0) is 12.3. The van der Waals surface area contributed by atoms with Crippen molar-refractivity contribution in [3.05, 3.63) is 5.82 Å². The zero-order valence-electron chi connectivity index (χ0n) is 10.8. The van der Waals surface area contributed by atoms with Gasteiger partial charge in [-0.2, -0.15) is 11.8 Å². The quantitative estimate of drug-likeness (QED) is 0.834. The van der Waals surface area contributed by atoms with Crippen LogP contribution in [0.1, 0.15) is 38.9 Å². The molecule has 0 atom stereocenters. The van der Waals surface area contributed by atoms with Gasteiger partial charge in [0, 0.05) is 10.8 Å². The summed E-state index contributed by atoms with van der Waals surface area (Å²) in [5.74, 6) is 0.944. The molecule has 5 nitrogen and oxygen atoms in total. The lowest BCUT2D eigenvalue weighted by Crippen LogP contribution is -2.39. The van der Waals surface area contributed by atoms with Gasteiger partial charge >= 0.3 is 0 Å². The Hall–Kier alpha value is -0.620. The smallest absolute Gasteiger partial charge is 0.165 e. The summed E-state index contributed by atoms with van der Waals surface area (Å²) in [7, 11) is 0. The van der Waals surface area contributed by atoms with Gasteiger partial charge in [-0.05, 0) is 29.5 Å². The van der Waals surface area contributed by atoms with Crippen molar-refractivity contribution in [1.29, 1.82) is 0 Å². The van der Waals surface area contributed by atoms with Gasteiger partial charge in [0.15, 0.2) is 5.82 Å². The molecule has 1 aromatic heterocycles. The van der Waals surface area contributed by atoms with Crippen molar-refractivity contribution in [2.75, 3.05) is 6.26 Å². The summed E-state index contributed by atoms with van der Waals surface area (Å²) >= 11 is 1.95. The van der Waals surface area contributed by atoms with Crippen LogP contribution in [0.25, 0.3) is 0 Å². The summed E-state index contributed by atoms with van der Waals surface area (Å²) in [6.07, 6.45) is 6.09. The highest BCUT2D eigenvalue weighted by Crippen LogP contribution is 2.43. The molecule has 96 valence electrons. The second kappa shape index (κ2) is 5.35. The standard InChI is InChI=1S/C11H21N5S/c1-9(2)12-7-10-13-14-15-16(10)8-11(17-3)5-4-6-11/h9,12H,4-8H2,1-3H3. The van der Waals surface area contributed by atoms with Crippen LogP contribution in [0.2, 0.25) is 0 Å². The van der Waals surface area contributed by atoms with Crippen molar-refractivity contribution < 1.29 is 0 Å². The molecule has 0 unspecified atom stereocenters. The minimum Gasteiger partial charge on any atom is -0.308 e. The van der Waals surface area contributed by atoms with Crippen molar-refractivity contribution in [2.24, 2.45) is 0 Å². The molecule has 1 N–H and O–H groups in total. The van der Waals surface area contributed by atoms with Crippen LogP contribution in [-0.2, 0) is 13.1 Å². The predicted molar refractivity (Wildman–Crippen MR) is 69.9 cm³/mol. The fraction of sp³-hybridized carbons (Fsp3) is 0.909. The van der Waals surface area contributed by atoms with Gasteiger partial charge in [-0.25, -0.2) is 4.68 Å². The van der Waals surface area contributed by atoms with Crippen LogP contribution < -0.4 is 5.32 Å². The van der Waals surface area contributed by atoms with E-state index in [0.717, 1.165) is 18.9 Å². The van der Waals surface area contributed by atoms with Crippen LogP contribution in [0.15, 0.2) is 0 Å². The number of nitrogens with zero attached hydrogens (tertiary/aromatic N) is 4. The Kier molecular flexibility index (Phi) is 4.04. The van der Waals surface area contributed by atoms with Gasteiger partial charge in [0.05, 0.1) is 13.1 Å². The monoisotopic (exact) mass is 255 g/mol. The predicted octanol–water partition coefficient (Wildman–Crippen LogP) is 1.46. The number of hydrogen-bond acceptors (Lipinski definition) is 5. The molecule has 6 heteroatoms. The molecule has 0 aliphatic heterocycles. The molecule has 0 aromatic carbocycles. The molecule has 0 bridgehead atoms. The maximum atomic E-state index is 4.11. The Balaban J connectivity index is 1.98. The number of aromatic nitrogens is 4. The lowest BCUT2D eigenvalue weighted by molar-refractivity contribution is 0.302. The van der Waals surface area contributed by atoms with E-state index >= 15 is 0 Å². The van der Waals surface area contributed by atoms with E-state index in [-0.39, 0.29) is 0 Å². The van der Waals surface area contributed by atoms with Crippen molar-refractivity contribution in [3.8, 4) is 0 Å². The molecule has 1 heterocycles. The molecule has 0 radical (unpaired) electrons. The SMILES string of the molecule is CSC1(Cn2nnnc2CNC(C)C)CCC1. The minimum absolute atomic E-state index is 0.377. The highest BCUT2D eigenvalue weighted by molar-refractivity contribution is 8.00. The third kappa shape index (κ3) is 2.98. The maximum Gasteiger partial charge on any atom is 0.165 e. The third-order valence-electron chi connectivity index (χ3n) is 3.41. The molecule has 1 fully saturated rings. The Morgan fingerprint density at radius 1 is 1.47 bits per heavy atom. The molecule has 2 rings (SSSR count). The second-order valence-electron chi connectivity index (χ2n) is 5.03. The molecule has 1 aliphatic rings. The number of thioether (sulfide) groups is 1. The van der Waals surface area contributed by atoms with E-state index in [1.54, 1.807) is 0 Å². The normalized spacial score (nSPS) is 18.4. The summed E-state index contributed by atoms with van der Waals surface area (Å²) < 4.78 is 2.34. The van der Waals surface area contributed by atoms with Gasteiger partial charge in [-0.1, -0.05) is 20.3 Å². The van der Waals surface area contributed by atoms with Crippen LogP contribution in [0.5, 0.6) is 0 Å². The van der Waals surface area contributed by atoms with Gasteiger partial charge < -0.3 is 5.32 Å². The van der Waals surface area contributed by atoms with Crippen molar-refractivity contribution in [1.82, 2.24) is 25.5 Å². The van der Waals surface area contributed by atoms with Gasteiger partial charge in [-0.15, -0.1) is 5.10 Å². The third-order valence-corrected chi connectivity index (χ3v) is 4.81. The van der Waals surface area contributed by atoms with E-state index < -0.39 is 0 Å². The van der Waals surface area contributed by atoms with Crippen molar-refractivity contribution in [2.45, 2.75) is 57.0 Å². The van der Waals surface area contributed by atoms with Crippen LogP contribution in [0.3, 0.4) is 0 Å². The highest BCUT2D eigenvalue weighted by Gasteiger charge is 2.37. The summed E-state index contributed by atoms with van der Waals surface area (Å²) in [5.41, 5.74) is 0. The van der Waals surface area contributed by atoms with E-state index in [1.807, 2.05) is 16.4 Å². The van der Waals surface area contributed by atoms with Crippen LogP contribution in [-0.4, -0.2) is 37.3 Å². The summed E-state index contributed by atoms with van der Waals surface area (Å²) in [4.78, 5) is 0. The Bertz CT molecular complexity index is 353. The molecule has 1 aromatic rings. The molecule has 1 aliphatic carbocycles. The highest BCUT2D eigenvalue weighted by atomic mass is 32.2. The van der Waals surface area contributed by atoms with Crippen molar-refractivity contribution in [3.63, 3.8) is 0 Å². The first-order valence-corrected chi connectivity index (χ1v) is 7.41. The number of nitrogens with one attached hydrogen (secondary N) is 1. The van der Waals surface area contributed by atoms with E-state index in [2.05, 4.69) is 40.9 Å². The van der Waals surface area contributed by atoms with Crippen LogP contribution >= 0.6 is 11.8 Å². The molecular formula is C11H21N5S. The Labute approximate surface area is 107 Å². The topological polar surface area (TPSA) is 55.6 Å². The van der Waals surface area contributed by atoms with E-state index in [4.69, 9.17) is 0 Å². The molecule has 0 saturated heterocycles. The van der Waals surface area contributed by atoms with Crippen LogP contribution in [0, 0.1) is 0 Å². The lowest BCUT2D eigenvalue weighted by atomic mass is 9.84. The van der Waals surface area contributed by atoms with Gasteiger partial charge in [-0.3, -0.25) is 0 Å². The Morgan fingerprint density at radius 2 is 2.24 bits per heavy atom. The summed E-state index contributed by atoms with van der Waals surface area (Å²) in [6.45, 7) is 5.94. The van der Waals surface area contributed by atoms with E-state index in [0.29, 0.717) is 10.8 Å². The zero-order valence-corrected chi connectivity index (χ0v) is 11.6. The first kappa shape index (κ1) is 12.8. The molecule has 17 heavy (non-hydrogen) atoms. The fourth-order valence-corrected chi connectivity index (χ4v) is 2.99. The van der Waals surface area contributed by atoms with Gasteiger partial charge in [0.2, 0.25) is 0 Å². The average Bonchev–Trinajstić information content (AvgIpc) is 2.67. The molecular weight excluding hydrogens is 234 g/mol. The number of rotatable bonds is 6. The molecule has 0 amide bonds. The second-order valence-corrected chi connectivity index (χ2v) is 6.30. The van der Waals surface area contributed by atoms with Gasteiger partial charge in [0.25, 0.3) is 0 Å². The fourth-order valence-electron chi connectivity index (χ4n) is 2.04. The maximum absolute atomic E-state index is 4.11. The summed E-state index contributed by atoms with van der Waals surface area (Å²) in [5, 5.41) is 15.4. The van der Waals surface area contributed by atoms with Crippen LogP contribution in [0.4, 0.5) is 0 Å².